The summed E-state index contributed by atoms with van der Waals surface area (Å²) in [5.41, 5.74) is 3.55. The molecular weight excluding hydrogens is 428 g/mol. The van der Waals surface area contributed by atoms with Crippen molar-refractivity contribution in [2.24, 2.45) is 0 Å². The molecule has 4 aromatic rings. The van der Waals surface area contributed by atoms with E-state index in [0.717, 1.165) is 33.5 Å². The summed E-state index contributed by atoms with van der Waals surface area (Å²) in [6.07, 6.45) is 1.30. The lowest BCUT2D eigenvalue weighted by Gasteiger charge is -2.16. The molecule has 2 heterocycles. The van der Waals surface area contributed by atoms with E-state index in [-0.39, 0.29) is 6.10 Å². The largest absolute Gasteiger partial charge is 0.479 e. The van der Waals surface area contributed by atoms with Crippen LogP contribution in [0, 0.1) is 6.92 Å². The van der Waals surface area contributed by atoms with Crippen LogP contribution in [0.25, 0.3) is 22.4 Å². The van der Waals surface area contributed by atoms with E-state index in [0.29, 0.717) is 23.9 Å². The molecule has 0 radical (unpaired) electrons. The van der Waals surface area contributed by atoms with Crippen LogP contribution >= 0.6 is 11.6 Å². The number of halogens is 1. The Hall–Kier alpha value is -3.09. The SMILES string of the molecule is Cc1oc(-c2ccccc2Cl)nc1Cn1ccc2cc(CC(OC(C)C)C(=O)O)ccc21. The van der Waals surface area contributed by atoms with E-state index in [1.165, 1.54) is 0 Å². The second kappa shape index (κ2) is 9.18. The molecule has 0 saturated heterocycles. The molecule has 0 aliphatic heterocycles. The van der Waals surface area contributed by atoms with Crippen LogP contribution in [-0.4, -0.2) is 32.8 Å². The van der Waals surface area contributed by atoms with Gasteiger partial charge < -0.3 is 18.8 Å². The number of nitrogens with zero attached hydrogens (tertiary/aromatic N) is 2. The average Bonchev–Trinajstić information content (AvgIpc) is 3.31. The van der Waals surface area contributed by atoms with Crippen LogP contribution in [0.2, 0.25) is 5.02 Å². The Morgan fingerprint density at radius 2 is 2.00 bits per heavy atom. The van der Waals surface area contributed by atoms with Crippen molar-refractivity contribution in [3.63, 3.8) is 0 Å². The van der Waals surface area contributed by atoms with Crippen LogP contribution in [0.15, 0.2) is 59.1 Å². The van der Waals surface area contributed by atoms with Crippen LogP contribution in [0.5, 0.6) is 0 Å². The Balaban J connectivity index is 1.56. The van der Waals surface area contributed by atoms with Crippen LogP contribution in [0.3, 0.4) is 0 Å². The molecule has 2 aromatic carbocycles. The van der Waals surface area contributed by atoms with Crippen molar-refractivity contribution in [2.45, 2.75) is 45.9 Å². The summed E-state index contributed by atoms with van der Waals surface area (Å²) in [6.45, 7) is 6.12. The maximum Gasteiger partial charge on any atom is 0.333 e. The van der Waals surface area contributed by atoms with Gasteiger partial charge in [-0.2, -0.15) is 0 Å². The number of aromatic nitrogens is 2. The van der Waals surface area contributed by atoms with Crippen LogP contribution in [0.4, 0.5) is 0 Å². The number of aliphatic carboxylic acids is 1. The third-order valence-corrected chi connectivity index (χ3v) is 5.62. The predicted octanol–water partition coefficient (Wildman–Crippen LogP) is 5.73. The van der Waals surface area contributed by atoms with Crippen molar-refractivity contribution < 1.29 is 19.1 Å². The van der Waals surface area contributed by atoms with E-state index in [2.05, 4.69) is 9.55 Å². The molecule has 0 aliphatic rings. The summed E-state index contributed by atoms with van der Waals surface area (Å²) in [4.78, 5) is 16.2. The fourth-order valence-corrected chi connectivity index (χ4v) is 3.95. The van der Waals surface area contributed by atoms with Crippen molar-refractivity contribution in [1.29, 1.82) is 0 Å². The fraction of sp³-hybridized carbons (Fsp3) is 0.280. The zero-order chi connectivity index (χ0) is 22.8. The number of carbonyl (C=O) groups is 1. The molecule has 1 N–H and O–H groups in total. The van der Waals surface area contributed by atoms with Crippen molar-refractivity contribution in [2.75, 3.05) is 0 Å². The van der Waals surface area contributed by atoms with E-state index >= 15 is 0 Å². The minimum atomic E-state index is -0.952. The molecule has 0 saturated carbocycles. The number of ether oxygens (including phenoxy) is 1. The van der Waals surface area contributed by atoms with Crippen molar-refractivity contribution >= 4 is 28.5 Å². The third kappa shape index (κ3) is 4.71. The van der Waals surface area contributed by atoms with Gasteiger partial charge in [-0.05, 0) is 62.1 Å². The van der Waals surface area contributed by atoms with Gasteiger partial charge in [0.15, 0.2) is 6.10 Å². The molecule has 1 unspecified atom stereocenters. The highest BCUT2D eigenvalue weighted by atomic mass is 35.5. The molecule has 166 valence electrons. The number of hydrogen-bond donors (Lipinski definition) is 1. The van der Waals surface area contributed by atoms with Gasteiger partial charge >= 0.3 is 5.97 Å². The molecule has 7 heteroatoms. The Labute approximate surface area is 191 Å². The number of hydrogen-bond acceptors (Lipinski definition) is 4. The minimum Gasteiger partial charge on any atom is -0.479 e. The first kappa shape index (κ1) is 22.1. The summed E-state index contributed by atoms with van der Waals surface area (Å²) >= 11 is 6.29. The Morgan fingerprint density at radius 3 is 2.72 bits per heavy atom. The molecule has 0 amide bonds. The molecule has 0 spiro atoms. The molecule has 0 bridgehead atoms. The van der Waals surface area contributed by atoms with E-state index in [9.17, 15) is 9.90 Å². The molecule has 2 aromatic heterocycles. The molecule has 32 heavy (non-hydrogen) atoms. The zero-order valence-electron chi connectivity index (χ0n) is 18.2. The number of fused-ring (bicyclic) bond motifs is 1. The average molecular weight is 453 g/mol. The first-order chi connectivity index (χ1) is 15.3. The topological polar surface area (TPSA) is 77.5 Å². The van der Waals surface area contributed by atoms with Crippen LogP contribution in [0.1, 0.15) is 30.9 Å². The van der Waals surface area contributed by atoms with Gasteiger partial charge in [-0.3, -0.25) is 0 Å². The molecular formula is C25H25ClN2O4. The van der Waals surface area contributed by atoms with Gasteiger partial charge in [0.2, 0.25) is 5.89 Å². The highest BCUT2D eigenvalue weighted by Gasteiger charge is 2.20. The van der Waals surface area contributed by atoms with E-state index in [4.69, 9.17) is 20.8 Å². The molecule has 1 atom stereocenters. The van der Waals surface area contributed by atoms with Gasteiger partial charge in [-0.25, -0.2) is 9.78 Å². The normalized spacial score (nSPS) is 12.5. The molecule has 4 rings (SSSR count). The van der Waals surface area contributed by atoms with Gasteiger partial charge in [0.25, 0.3) is 0 Å². The van der Waals surface area contributed by atoms with Gasteiger partial charge in [0.05, 0.1) is 23.2 Å². The lowest BCUT2D eigenvalue weighted by molar-refractivity contribution is -0.153. The van der Waals surface area contributed by atoms with Crippen LogP contribution < -0.4 is 0 Å². The fourth-order valence-electron chi connectivity index (χ4n) is 3.74. The number of rotatable bonds is 8. The number of aryl methyl sites for hydroxylation is 1. The van der Waals surface area contributed by atoms with E-state index in [1.54, 1.807) is 0 Å². The quantitative estimate of drug-likeness (QED) is 0.369. The first-order valence-corrected chi connectivity index (χ1v) is 10.9. The summed E-state index contributed by atoms with van der Waals surface area (Å²) in [6, 6.07) is 15.5. The van der Waals surface area contributed by atoms with Crippen molar-refractivity contribution in [3.05, 3.63) is 76.8 Å². The number of oxazole rings is 1. The van der Waals surface area contributed by atoms with Crippen molar-refractivity contribution in [1.82, 2.24) is 9.55 Å². The zero-order valence-corrected chi connectivity index (χ0v) is 19.0. The molecule has 0 fully saturated rings. The second-order valence-electron chi connectivity index (χ2n) is 8.05. The highest BCUT2D eigenvalue weighted by molar-refractivity contribution is 6.33. The second-order valence-corrected chi connectivity index (χ2v) is 8.46. The summed E-state index contributed by atoms with van der Waals surface area (Å²) in [5, 5.41) is 11.1. The summed E-state index contributed by atoms with van der Waals surface area (Å²) in [5.74, 6) is 0.299. The number of carboxylic acid groups (broad SMARTS) is 1. The standard InChI is InChI=1S/C25H25ClN2O4/c1-15(2)31-23(25(29)30)13-17-8-9-22-18(12-17)10-11-28(22)14-21-16(3)32-24(27-21)19-6-4-5-7-20(19)26/h4-12,15,23H,13-14H2,1-3H3,(H,29,30). The summed E-state index contributed by atoms with van der Waals surface area (Å²) < 4.78 is 13.5. The minimum absolute atomic E-state index is 0.151. The lowest BCUT2D eigenvalue weighted by Crippen LogP contribution is -2.29. The maximum atomic E-state index is 11.5. The lowest BCUT2D eigenvalue weighted by atomic mass is 10.1. The predicted molar refractivity (Wildman–Crippen MR) is 124 cm³/mol. The molecule has 0 aliphatic carbocycles. The smallest absolute Gasteiger partial charge is 0.333 e. The maximum absolute atomic E-state index is 11.5. The Bertz CT molecular complexity index is 1260. The Kier molecular flexibility index (Phi) is 6.35. The summed E-state index contributed by atoms with van der Waals surface area (Å²) in [7, 11) is 0. The van der Waals surface area contributed by atoms with Crippen LogP contribution in [-0.2, 0) is 22.5 Å². The van der Waals surface area contributed by atoms with E-state index in [1.807, 2.05) is 75.5 Å². The number of benzene rings is 2. The molecule has 6 nitrogen and oxygen atoms in total. The van der Waals surface area contributed by atoms with Gasteiger partial charge in [0.1, 0.15) is 11.5 Å². The third-order valence-electron chi connectivity index (χ3n) is 5.29. The number of carboxylic acids is 1. The van der Waals surface area contributed by atoms with Gasteiger partial charge in [-0.15, -0.1) is 0 Å². The Morgan fingerprint density at radius 1 is 1.22 bits per heavy atom. The van der Waals surface area contributed by atoms with Gasteiger partial charge in [0, 0.05) is 18.1 Å². The highest BCUT2D eigenvalue weighted by Crippen LogP contribution is 2.29. The monoisotopic (exact) mass is 452 g/mol. The van der Waals surface area contributed by atoms with E-state index < -0.39 is 12.1 Å². The first-order valence-electron chi connectivity index (χ1n) is 10.5. The van der Waals surface area contributed by atoms with Gasteiger partial charge in [-0.1, -0.05) is 29.8 Å². The van der Waals surface area contributed by atoms with Crippen molar-refractivity contribution in [3.8, 4) is 11.5 Å².